The number of nitrogens with two attached hydrogens (primary N) is 1. The molecule has 23 heavy (non-hydrogen) atoms. The molecule has 0 aliphatic rings. The predicted molar refractivity (Wildman–Crippen MR) is 81.3 cm³/mol. The van der Waals surface area contributed by atoms with Crippen molar-refractivity contribution in [3.05, 3.63) is 41.2 Å². The third-order valence-corrected chi connectivity index (χ3v) is 4.08. The third kappa shape index (κ3) is 3.01. The molecule has 118 valence electrons. The fourth-order valence-corrected chi connectivity index (χ4v) is 2.78. The van der Waals surface area contributed by atoms with E-state index in [4.69, 9.17) is 5.73 Å². The molecule has 2 aromatic heterocycles. The molecule has 10 heteroatoms. The Morgan fingerprint density at radius 3 is 2.70 bits per heavy atom. The van der Waals surface area contributed by atoms with Crippen molar-refractivity contribution in [1.29, 1.82) is 0 Å². The number of carboxylic acid groups (broad SMARTS) is 1. The number of anilines is 1. The Labute approximate surface area is 134 Å². The van der Waals surface area contributed by atoms with Gasteiger partial charge in [0.25, 0.3) is 0 Å². The van der Waals surface area contributed by atoms with Gasteiger partial charge in [-0.15, -0.1) is 16.9 Å². The Kier molecular flexibility index (Phi) is 3.98. The average molecular weight is 332 g/mol. The Morgan fingerprint density at radius 1 is 1.35 bits per heavy atom. The van der Waals surface area contributed by atoms with Crippen molar-refractivity contribution in [3.63, 3.8) is 0 Å². The number of hydrogen-bond donors (Lipinski definition) is 2. The first-order valence-electron chi connectivity index (χ1n) is 6.52. The molecule has 0 atom stereocenters. The van der Waals surface area contributed by atoms with Crippen molar-refractivity contribution < 1.29 is 14.5 Å². The van der Waals surface area contributed by atoms with Gasteiger partial charge in [0.2, 0.25) is 11.6 Å². The number of rotatable bonds is 5. The minimum atomic E-state index is -1.18. The van der Waals surface area contributed by atoms with Crippen molar-refractivity contribution in [2.24, 2.45) is 0 Å². The van der Waals surface area contributed by atoms with Crippen LogP contribution >= 0.6 is 11.8 Å². The number of nitrogens with zero attached hydrogens (tertiary/aromatic N) is 5. The van der Waals surface area contributed by atoms with E-state index in [2.05, 4.69) is 25.3 Å². The van der Waals surface area contributed by atoms with Crippen molar-refractivity contribution in [2.75, 3.05) is 5.73 Å². The quantitative estimate of drug-likeness (QED) is 0.667. The fourth-order valence-electron chi connectivity index (χ4n) is 1.89. The summed E-state index contributed by atoms with van der Waals surface area (Å²) >= 11 is 1.45. The summed E-state index contributed by atoms with van der Waals surface area (Å²) < 4.78 is 5.77. The van der Waals surface area contributed by atoms with Crippen LogP contribution in [0.4, 0.5) is 5.82 Å². The van der Waals surface area contributed by atoms with Gasteiger partial charge >= 0.3 is 5.97 Å². The zero-order valence-electron chi connectivity index (χ0n) is 12.0. The van der Waals surface area contributed by atoms with Crippen LogP contribution in [0.25, 0.3) is 5.82 Å². The van der Waals surface area contributed by atoms with E-state index in [-0.39, 0.29) is 17.3 Å². The molecule has 3 aromatic rings. The highest BCUT2D eigenvalue weighted by molar-refractivity contribution is 7.98. The van der Waals surface area contributed by atoms with Crippen LogP contribution in [0.15, 0.2) is 33.8 Å². The molecule has 0 fully saturated rings. The second-order valence-corrected chi connectivity index (χ2v) is 5.73. The van der Waals surface area contributed by atoms with Gasteiger partial charge in [0.15, 0.2) is 5.69 Å². The van der Waals surface area contributed by atoms with Crippen LogP contribution in [-0.2, 0) is 5.75 Å². The van der Waals surface area contributed by atoms with Crippen LogP contribution in [0, 0.1) is 6.92 Å². The highest BCUT2D eigenvalue weighted by Gasteiger charge is 2.23. The number of aromatic carboxylic acids is 1. The Hall–Kier alpha value is -2.88. The summed E-state index contributed by atoms with van der Waals surface area (Å²) in [6.45, 7) is 2.00. The maximum Gasteiger partial charge on any atom is 0.358 e. The van der Waals surface area contributed by atoms with Gasteiger partial charge in [0.05, 0.1) is 5.69 Å². The first-order chi connectivity index (χ1) is 11.1. The molecule has 9 nitrogen and oxygen atoms in total. The van der Waals surface area contributed by atoms with Gasteiger partial charge in [0.1, 0.15) is 0 Å². The number of nitrogen functional groups attached to an aromatic ring is 1. The summed E-state index contributed by atoms with van der Waals surface area (Å²) in [5, 5.41) is 23.8. The second kappa shape index (κ2) is 6.08. The first kappa shape index (κ1) is 15.0. The van der Waals surface area contributed by atoms with Crippen LogP contribution in [0.3, 0.4) is 0 Å². The molecular weight excluding hydrogens is 320 g/mol. The molecule has 0 aliphatic heterocycles. The molecule has 0 aliphatic carbocycles. The minimum Gasteiger partial charge on any atom is -0.476 e. The number of hydrogen-bond acceptors (Lipinski definition) is 8. The monoisotopic (exact) mass is 332 g/mol. The Balaban J connectivity index is 1.93. The number of aromatic nitrogens is 5. The second-order valence-electron chi connectivity index (χ2n) is 4.68. The van der Waals surface area contributed by atoms with E-state index in [1.165, 1.54) is 16.4 Å². The number of aryl methyl sites for hydroxylation is 1. The van der Waals surface area contributed by atoms with Crippen LogP contribution in [0.5, 0.6) is 0 Å². The van der Waals surface area contributed by atoms with Crippen LogP contribution < -0.4 is 5.73 Å². The third-order valence-electron chi connectivity index (χ3n) is 3.06. The zero-order chi connectivity index (χ0) is 16.4. The Bertz CT molecular complexity index is 842. The first-order valence-corrected chi connectivity index (χ1v) is 7.50. The number of thioether (sulfide) groups is 1. The van der Waals surface area contributed by atoms with E-state index in [0.717, 1.165) is 10.5 Å². The summed E-state index contributed by atoms with van der Waals surface area (Å²) in [6.07, 6.45) is 0. The molecule has 0 saturated heterocycles. The van der Waals surface area contributed by atoms with E-state index >= 15 is 0 Å². The van der Waals surface area contributed by atoms with E-state index in [1.54, 1.807) is 0 Å². The van der Waals surface area contributed by atoms with Gasteiger partial charge in [-0.05, 0) is 29.4 Å². The average Bonchev–Trinajstić information content (AvgIpc) is 3.12. The molecule has 0 saturated carbocycles. The SMILES string of the molecule is Cc1ccc(SCc2c(C(=O)O)nnn2-c2nonc2N)cc1. The maximum atomic E-state index is 11.3. The van der Waals surface area contributed by atoms with E-state index < -0.39 is 5.97 Å². The molecule has 0 bridgehead atoms. The maximum absolute atomic E-state index is 11.3. The number of benzene rings is 1. The molecule has 3 N–H and O–H groups in total. The zero-order valence-corrected chi connectivity index (χ0v) is 12.8. The highest BCUT2D eigenvalue weighted by atomic mass is 32.2. The smallest absolute Gasteiger partial charge is 0.358 e. The van der Waals surface area contributed by atoms with Gasteiger partial charge in [-0.3, -0.25) is 0 Å². The highest BCUT2D eigenvalue weighted by Crippen LogP contribution is 2.26. The van der Waals surface area contributed by atoms with E-state index in [0.29, 0.717) is 11.4 Å². The Morgan fingerprint density at radius 2 is 2.09 bits per heavy atom. The molecule has 0 radical (unpaired) electrons. The topological polar surface area (TPSA) is 133 Å². The molecule has 0 unspecified atom stereocenters. The van der Waals surface area contributed by atoms with Gasteiger partial charge in [-0.1, -0.05) is 22.9 Å². The lowest BCUT2D eigenvalue weighted by atomic mass is 10.2. The van der Waals surface area contributed by atoms with Crippen LogP contribution in [0.1, 0.15) is 21.7 Å². The lowest BCUT2D eigenvalue weighted by molar-refractivity contribution is 0.0689. The lowest BCUT2D eigenvalue weighted by Crippen LogP contribution is -2.08. The predicted octanol–water partition coefficient (Wildman–Crippen LogP) is 1.53. The summed E-state index contributed by atoms with van der Waals surface area (Å²) in [4.78, 5) is 12.3. The summed E-state index contributed by atoms with van der Waals surface area (Å²) in [5.41, 5.74) is 6.98. The molecule has 2 heterocycles. The van der Waals surface area contributed by atoms with Crippen molar-refractivity contribution in [2.45, 2.75) is 17.6 Å². The molecular formula is C13H12N6O3S. The largest absolute Gasteiger partial charge is 0.476 e. The van der Waals surface area contributed by atoms with Crippen LogP contribution in [0.2, 0.25) is 0 Å². The minimum absolute atomic E-state index is 0.00780. The number of carboxylic acids is 1. The van der Waals surface area contributed by atoms with E-state index in [1.807, 2.05) is 31.2 Å². The molecule has 1 aromatic carbocycles. The van der Waals surface area contributed by atoms with E-state index in [9.17, 15) is 9.90 Å². The normalized spacial score (nSPS) is 10.8. The fraction of sp³-hybridized carbons (Fsp3) is 0.154. The van der Waals surface area contributed by atoms with Gasteiger partial charge in [0, 0.05) is 10.6 Å². The van der Waals surface area contributed by atoms with Gasteiger partial charge < -0.3 is 10.8 Å². The van der Waals surface area contributed by atoms with Crippen molar-refractivity contribution in [3.8, 4) is 5.82 Å². The molecule has 0 spiro atoms. The van der Waals surface area contributed by atoms with Crippen LogP contribution in [-0.4, -0.2) is 36.4 Å². The van der Waals surface area contributed by atoms with Gasteiger partial charge in [-0.25, -0.2) is 9.42 Å². The lowest BCUT2D eigenvalue weighted by Gasteiger charge is -2.05. The summed E-state index contributed by atoms with van der Waals surface area (Å²) in [7, 11) is 0. The standard InChI is InChI=1S/C13H12N6O3S/c1-7-2-4-8(5-3-7)23-6-9-10(13(20)21)15-18-19(9)12-11(14)16-22-17-12/h2-5H,6H2,1H3,(H2,14,16)(H,20,21). The van der Waals surface area contributed by atoms with Crippen molar-refractivity contribution in [1.82, 2.24) is 25.3 Å². The molecule has 0 amide bonds. The summed E-state index contributed by atoms with van der Waals surface area (Å²) in [6, 6.07) is 7.88. The molecule has 3 rings (SSSR count). The van der Waals surface area contributed by atoms with Gasteiger partial charge in [-0.2, -0.15) is 4.68 Å². The number of carbonyl (C=O) groups is 1. The summed E-state index contributed by atoms with van der Waals surface area (Å²) in [5.74, 6) is -0.729. The van der Waals surface area contributed by atoms with Crippen molar-refractivity contribution >= 4 is 23.5 Å².